The summed E-state index contributed by atoms with van der Waals surface area (Å²) in [5.41, 5.74) is 2.18. The molecular formula is C20H21ClFNO4S. The number of anilines is 1. The van der Waals surface area contributed by atoms with Gasteiger partial charge in [0.05, 0.1) is 20.3 Å². The topological polar surface area (TPSA) is 56.8 Å². The number of hydrogen-bond acceptors (Lipinski definition) is 5. The van der Waals surface area contributed by atoms with Gasteiger partial charge in [0.1, 0.15) is 11.1 Å². The van der Waals surface area contributed by atoms with Crippen molar-refractivity contribution in [1.82, 2.24) is 0 Å². The summed E-state index contributed by atoms with van der Waals surface area (Å²) >= 11 is 11.3. The normalized spacial score (nSPS) is 15.3. The third-order valence-electron chi connectivity index (χ3n) is 3.78. The number of nitrogens with one attached hydrogen (secondary N) is 1. The minimum atomic E-state index is -0.521. The summed E-state index contributed by atoms with van der Waals surface area (Å²) in [4.78, 5) is 10.4. The predicted molar refractivity (Wildman–Crippen MR) is 111 cm³/mol. The molecule has 3 rings (SSSR count). The molecular weight excluding hydrogens is 405 g/mol. The van der Waals surface area contributed by atoms with Gasteiger partial charge in [-0.25, -0.2) is 4.39 Å². The van der Waals surface area contributed by atoms with E-state index in [0.29, 0.717) is 22.2 Å². The van der Waals surface area contributed by atoms with Crippen molar-refractivity contribution in [2.45, 2.75) is 20.0 Å². The van der Waals surface area contributed by atoms with E-state index in [0.717, 1.165) is 11.3 Å². The van der Waals surface area contributed by atoms with Crippen LogP contribution in [0.1, 0.15) is 31.1 Å². The van der Waals surface area contributed by atoms with Gasteiger partial charge in [-0.15, -0.1) is 0 Å². The maximum Gasteiger partial charge on any atom is 0.302 e. The van der Waals surface area contributed by atoms with Crippen LogP contribution in [0, 0.1) is 5.82 Å². The second-order valence-corrected chi connectivity index (χ2v) is 6.69. The Hall–Kier alpha value is -2.22. The molecule has 8 heteroatoms. The molecule has 1 aliphatic heterocycles. The predicted octanol–water partition coefficient (Wildman–Crippen LogP) is 4.92. The quantitative estimate of drug-likeness (QED) is 0.556. The second-order valence-electron chi connectivity index (χ2n) is 5.76. The third-order valence-corrected chi connectivity index (χ3v) is 4.24. The van der Waals surface area contributed by atoms with Gasteiger partial charge in [0.2, 0.25) is 0 Å². The Morgan fingerprint density at radius 3 is 2.71 bits per heavy atom. The Kier molecular flexibility index (Phi) is 8.17. The van der Waals surface area contributed by atoms with E-state index in [1.807, 2.05) is 6.07 Å². The lowest BCUT2D eigenvalue weighted by atomic mass is 9.98. The first kappa shape index (κ1) is 22.1. The van der Waals surface area contributed by atoms with E-state index in [9.17, 15) is 9.18 Å². The Bertz CT molecular complexity index is 862. The largest absolute Gasteiger partial charge is 0.493 e. The number of methoxy groups -OCH3 is 1. The second kappa shape index (κ2) is 10.4. The van der Waals surface area contributed by atoms with E-state index in [4.69, 9.17) is 33.3 Å². The summed E-state index contributed by atoms with van der Waals surface area (Å²) in [6.07, 6.45) is -0.521. The van der Waals surface area contributed by atoms with E-state index in [2.05, 4.69) is 10.1 Å². The summed E-state index contributed by atoms with van der Waals surface area (Å²) in [6, 6.07) is 10.1. The lowest BCUT2D eigenvalue weighted by Gasteiger charge is -2.20. The summed E-state index contributed by atoms with van der Waals surface area (Å²) in [6.45, 7) is 3.88. The van der Waals surface area contributed by atoms with Gasteiger partial charge < -0.3 is 19.5 Å². The van der Waals surface area contributed by atoms with Crippen molar-refractivity contribution in [2.24, 2.45) is 0 Å². The number of thiocarbonyl (C=S) groups is 1. The van der Waals surface area contributed by atoms with Gasteiger partial charge in [0, 0.05) is 28.8 Å². The Balaban J connectivity index is 0.000000409. The molecule has 0 unspecified atom stereocenters. The van der Waals surface area contributed by atoms with E-state index in [1.54, 1.807) is 31.2 Å². The maximum atomic E-state index is 14.0. The highest BCUT2D eigenvalue weighted by molar-refractivity contribution is 7.80. The Labute approximate surface area is 173 Å². The summed E-state index contributed by atoms with van der Waals surface area (Å²) < 4.78 is 29.5. The highest BCUT2D eigenvalue weighted by Gasteiger charge is 2.27. The molecule has 0 spiro atoms. The first-order valence-electron chi connectivity index (χ1n) is 8.54. The van der Waals surface area contributed by atoms with Crippen molar-refractivity contribution in [2.75, 3.05) is 25.6 Å². The minimum Gasteiger partial charge on any atom is -0.493 e. The number of ether oxygens (including phenoxy) is 3. The van der Waals surface area contributed by atoms with Gasteiger partial charge in [-0.05, 0) is 31.2 Å². The molecule has 0 saturated carbocycles. The Morgan fingerprint density at radius 2 is 2.11 bits per heavy atom. The first-order chi connectivity index (χ1) is 13.4. The Morgan fingerprint density at radius 1 is 1.36 bits per heavy atom. The van der Waals surface area contributed by atoms with E-state index < -0.39 is 11.9 Å². The molecule has 150 valence electrons. The van der Waals surface area contributed by atoms with Crippen LogP contribution in [-0.4, -0.2) is 31.3 Å². The number of hydrogen-bond donors (Lipinski definition) is 1. The molecule has 1 heterocycles. The van der Waals surface area contributed by atoms with Crippen molar-refractivity contribution in [3.05, 3.63) is 58.4 Å². The number of carbonyl (C=O) groups is 1. The van der Waals surface area contributed by atoms with Crippen molar-refractivity contribution in [3.8, 4) is 5.75 Å². The molecule has 1 aliphatic rings. The fourth-order valence-corrected chi connectivity index (χ4v) is 3.07. The summed E-state index contributed by atoms with van der Waals surface area (Å²) in [5, 5.41) is 3.68. The van der Waals surface area contributed by atoms with Gasteiger partial charge >= 0.3 is 5.97 Å². The highest BCUT2D eigenvalue weighted by atomic mass is 35.5. The number of esters is 1. The zero-order chi connectivity index (χ0) is 20.7. The number of rotatable bonds is 3. The number of para-hydroxylation sites is 1. The number of halogens is 2. The molecule has 0 fully saturated rings. The average molecular weight is 426 g/mol. The number of benzene rings is 2. The van der Waals surface area contributed by atoms with Gasteiger partial charge in [-0.1, -0.05) is 36.0 Å². The summed E-state index contributed by atoms with van der Waals surface area (Å²) in [7, 11) is 1.43. The average Bonchev–Trinajstić information content (AvgIpc) is 2.80. The maximum absolute atomic E-state index is 14.0. The van der Waals surface area contributed by atoms with Crippen LogP contribution in [0.3, 0.4) is 0 Å². The lowest BCUT2D eigenvalue weighted by molar-refractivity contribution is -0.140. The zero-order valence-electron chi connectivity index (χ0n) is 15.8. The molecule has 0 radical (unpaired) electrons. The smallest absolute Gasteiger partial charge is 0.302 e. The van der Waals surface area contributed by atoms with Gasteiger partial charge in [-0.3, -0.25) is 4.79 Å². The zero-order valence-corrected chi connectivity index (χ0v) is 17.3. The van der Waals surface area contributed by atoms with E-state index in [-0.39, 0.29) is 18.3 Å². The minimum absolute atomic E-state index is 0.159. The molecule has 2 aromatic rings. The molecule has 5 nitrogen and oxygen atoms in total. The molecule has 0 bridgehead atoms. The standard InChI is InChI=1S/C16H13ClFNO2S.C4H8O2/c1-20-16-10(3-2-4-12(16)18)15-11-7-9(17)5-6-13(11)19-14(22)8-21-15;1-3-6-4(2)5/h2-7,15H,8H2,1H3,(H,19,22);3H2,1-2H3/t15-;/m1./s1. The fourth-order valence-electron chi connectivity index (χ4n) is 2.71. The molecule has 0 amide bonds. The van der Waals surface area contributed by atoms with Crippen LogP contribution in [0.15, 0.2) is 36.4 Å². The van der Waals surface area contributed by atoms with Crippen LogP contribution in [0.2, 0.25) is 5.02 Å². The van der Waals surface area contributed by atoms with Crippen LogP contribution in [0.25, 0.3) is 0 Å². The van der Waals surface area contributed by atoms with E-state index in [1.165, 1.54) is 20.1 Å². The van der Waals surface area contributed by atoms with Crippen molar-refractivity contribution in [3.63, 3.8) is 0 Å². The molecule has 28 heavy (non-hydrogen) atoms. The van der Waals surface area contributed by atoms with Gasteiger partial charge in [0.25, 0.3) is 0 Å². The summed E-state index contributed by atoms with van der Waals surface area (Å²) in [5.74, 6) is -0.490. The first-order valence-corrected chi connectivity index (χ1v) is 9.32. The van der Waals surface area contributed by atoms with Crippen molar-refractivity contribution in [1.29, 1.82) is 0 Å². The van der Waals surface area contributed by atoms with Crippen LogP contribution >= 0.6 is 23.8 Å². The van der Waals surface area contributed by atoms with Crippen LogP contribution in [0.4, 0.5) is 10.1 Å². The van der Waals surface area contributed by atoms with Crippen LogP contribution < -0.4 is 10.1 Å². The number of carbonyl (C=O) groups excluding carboxylic acids is 1. The number of fused-ring (bicyclic) bond motifs is 1. The fraction of sp³-hybridized carbons (Fsp3) is 0.300. The third kappa shape index (κ3) is 5.64. The molecule has 0 aliphatic carbocycles. The molecule has 0 aromatic heterocycles. The molecule has 1 N–H and O–H groups in total. The van der Waals surface area contributed by atoms with Gasteiger partial charge in [0.15, 0.2) is 11.6 Å². The highest BCUT2D eigenvalue weighted by Crippen LogP contribution is 2.39. The monoisotopic (exact) mass is 425 g/mol. The molecule has 1 atom stereocenters. The van der Waals surface area contributed by atoms with Crippen LogP contribution in [0.5, 0.6) is 5.75 Å². The lowest BCUT2D eigenvalue weighted by Crippen LogP contribution is -2.13. The van der Waals surface area contributed by atoms with Crippen molar-refractivity contribution >= 4 is 40.5 Å². The van der Waals surface area contributed by atoms with Gasteiger partial charge in [-0.2, -0.15) is 0 Å². The molecule has 2 aromatic carbocycles. The van der Waals surface area contributed by atoms with E-state index >= 15 is 0 Å². The molecule has 0 saturated heterocycles. The van der Waals surface area contributed by atoms with Crippen molar-refractivity contribution < 1.29 is 23.4 Å². The van der Waals surface area contributed by atoms with Crippen LogP contribution in [-0.2, 0) is 14.3 Å². The SMILES string of the molecule is CCOC(C)=O.COc1c(F)cccc1[C@H]1OCC(=S)Nc2ccc(Cl)cc21.